The average molecular weight is 1430 g/mol. The van der Waals surface area contributed by atoms with Gasteiger partial charge in [-0.2, -0.15) is 0 Å². The number of ether oxygens (including phenoxy) is 4. The van der Waals surface area contributed by atoms with E-state index in [1.54, 1.807) is 0 Å². The van der Waals surface area contributed by atoms with Gasteiger partial charge >= 0.3 is 11.9 Å². The summed E-state index contributed by atoms with van der Waals surface area (Å²) < 4.78 is 22.9. The van der Waals surface area contributed by atoms with Crippen molar-refractivity contribution < 1.29 is 42.9 Å². The minimum atomic E-state index is -1.63. The van der Waals surface area contributed by atoms with Crippen molar-refractivity contribution in [1.82, 2.24) is 0 Å². The quantitative estimate of drug-likeness (QED) is 0.0195. The normalized spacial score (nSPS) is 13.6. The highest BCUT2D eigenvalue weighted by atomic mass is 16.7. The summed E-state index contributed by atoms with van der Waals surface area (Å²) in [6, 6.07) is 0. The van der Waals surface area contributed by atoms with Gasteiger partial charge in [-0.05, 0) is 135 Å². The van der Waals surface area contributed by atoms with Crippen LogP contribution in [0.15, 0.2) is 182 Å². The smallest absolute Gasteiger partial charge is 0.306 e. The zero-order valence-corrected chi connectivity index (χ0v) is 66.9. The molecule has 2 unspecified atom stereocenters. The van der Waals surface area contributed by atoms with E-state index in [9.17, 15) is 19.5 Å². The first-order valence-electron chi connectivity index (χ1n) is 41.9. The first-order chi connectivity index (χ1) is 50.6. The fourth-order valence-corrected chi connectivity index (χ4v) is 11.4. The van der Waals surface area contributed by atoms with Crippen LogP contribution in [0.3, 0.4) is 0 Å². The van der Waals surface area contributed by atoms with Gasteiger partial charge in [-0.25, -0.2) is 0 Å². The van der Waals surface area contributed by atoms with Gasteiger partial charge in [-0.1, -0.05) is 369 Å². The molecule has 0 N–H and O–H groups in total. The van der Waals surface area contributed by atoms with Crippen LogP contribution in [0.4, 0.5) is 0 Å². The Hall–Kier alpha value is -5.61. The SMILES string of the molecule is CC/C=C\C/C=C\C/C=C\C/C=C\C/C=C\C/C=C\C/C=C\C/C=C\C/C=C\CCCCCCCCCCCCCC(=O)OC(COC(=O)CCCCCCCCCCCCCCCCCCCCCC/C=C\C/C=C\C/C=C\C/C=C\C/C=C\C/C=C\CC)COC(OCC[N+](C)(C)C)C(=O)[O-]. The van der Waals surface area contributed by atoms with E-state index < -0.39 is 24.3 Å². The molecule has 0 aromatic carbocycles. The lowest BCUT2D eigenvalue weighted by atomic mass is 10.0. The number of carboxylic acid groups (broad SMARTS) is 1. The molecule has 584 valence electrons. The molecule has 0 aromatic rings. The number of hydrogen-bond acceptors (Lipinski definition) is 8. The number of esters is 2. The summed E-state index contributed by atoms with van der Waals surface area (Å²) in [4.78, 5) is 37.7. The van der Waals surface area contributed by atoms with Crippen LogP contribution in [-0.2, 0) is 33.3 Å². The van der Waals surface area contributed by atoms with Crippen molar-refractivity contribution in [2.75, 3.05) is 47.5 Å². The standard InChI is InChI=1S/C94H155NO8/c1-6-8-10-12-14-16-18-20-22-24-26-28-30-32-34-36-38-40-42-44-46-48-50-52-54-56-58-60-62-64-66-68-70-72-74-76-78-80-82-84-91(96)101-88-90(89-102-94(93(98)99)100-87-86-95(3,4)5)103-92(97)85-83-81-79-77-75-73-71-69-67-65-63-61-59-57-55-53-51-49-47-45-43-41-39-37-35-33-31-29-27-25-23-21-19-17-15-13-11-9-7-2/h8-11,14-17,20-23,26-29,32-35,38-41,45,47,51,53,57,59,90,94H,6-7,12-13,18-19,24-25,30-31,36-37,42-44,46,48-50,52,54-56,58,60-89H2,1-5H3/b10-8-,11-9-,16-14-,17-15-,22-20-,23-21-,28-26-,29-27-,34-32-,35-33-,40-38-,41-39-,47-45-,53-51-,59-57-. The van der Waals surface area contributed by atoms with Gasteiger partial charge in [0.2, 0.25) is 0 Å². The van der Waals surface area contributed by atoms with E-state index in [2.05, 4.69) is 196 Å². The fraction of sp³-hybridized carbons (Fsp3) is 0.649. The van der Waals surface area contributed by atoms with Crippen LogP contribution in [0.5, 0.6) is 0 Å². The summed E-state index contributed by atoms with van der Waals surface area (Å²) in [7, 11) is 5.93. The number of carbonyl (C=O) groups excluding carboxylic acids is 3. The van der Waals surface area contributed by atoms with E-state index >= 15 is 0 Å². The van der Waals surface area contributed by atoms with E-state index in [1.165, 1.54) is 161 Å². The Morgan fingerprint density at radius 3 is 0.777 bits per heavy atom. The molecule has 0 bridgehead atoms. The topological polar surface area (TPSA) is 111 Å². The highest BCUT2D eigenvalue weighted by Crippen LogP contribution is 2.18. The number of hydrogen-bond donors (Lipinski definition) is 0. The predicted octanol–water partition coefficient (Wildman–Crippen LogP) is 26.1. The van der Waals surface area contributed by atoms with Gasteiger partial charge in [0, 0.05) is 12.8 Å². The molecule has 0 spiro atoms. The van der Waals surface area contributed by atoms with Crippen LogP contribution < -0.4 is 5.11 Å². The molecule has 0 fully saturated rings. The average Bonchev–Trinajstić information content (AvgIpc) is 0.985. The molecule has 0 radical (unpaired) electrons. The molecule has 103 heavy (non-hydrogen) atoms. The Kier molecular flexibility index (Phi) is 77.6. The zero-order chi connectivity index (χ0) is 74.6. The second kappa shape index (κ2) is 82.1. The van der Waals surface area contributed by atoms with Gasteiger partial charge in [0.05, 0.1) is 40.3 Å². The maximum absolute atomic E-state index is 13.0. The van der Waals surface area contributed by atoms with Crippen molar-refractivity contribution in [3.8, 4) is 0 Å². The molecular weight excluding hydrogens is 1270 g/mol. The molecule has 0 aliphatic rings. The summed E-state index contributed by atoms with van der Waals surface area (Å²) in [5.74, 6) is -2.28. The van der Waals surface area contributed by atoms with Crippen molar-refractivity contribution in [3.05, 3.63) is 182 Å². The Bertz CT molecular complexity index is 2360. The molecule has 0 saturated carbocycles. The first kappa shape index (κ1) is 97.4. The van der Waals surface area contributed by atoms with Gasteiger partial charge < -0.3 is 33.3 Å². The van der Waals surface area contributed by atoms with Crippen molar-refractivity contribution in [2.45, 2.75) is 347 Å². The number of aliphatic carboxylic acids is 1. The molecule has 2 atom stereocenters. The molecule has 0 aliphatic carbocycles. The predicted molar refractivity (Wildman–Crippen MR) is 444 cm³/mol. The van der Waals surface area contributed by atoms with Crippen LogP contribution in [0, 0.1) is 0 Å². The number of rotatable bonds is 76. The number of likely N-dealkylation sites (N-methyl/N-ethyl adjacent to an activating group) is 1. The first-order valence-corrected chi connectivity index (χ1v) is 41.9. The van der Waals surface area contributed by atoms with E-state index in [4.69, 9.17) is 18.9 Å². The maximum atomic E-state index is 13.0. The highest BCUT2D eigenvalue weighted by molar-refractivity contribution is 5.70. The van der Waals surface area contributed by atoms with Gasteiger partial charge in [0.25, 0.3) is 0 Å². The lowest BCUT2D eigenvalue weighted by Gasteiger charge is -2.26. The van der Waals surface area contributed by atoms with Gasteiger partial charge in [0.1, 0.15) is 13.2 Å². The number of nitrogens with zero attached hydrogens (tertiary/aromatic N) is 1. The third-order valence-electron chi connectivity index (χ3n) is 17.6. The third kappa shape index (κ3) is 83.5. The molecular formula is C94H155NO8. The molecule has 9 nitrogen and oxygen atoms in total. The molecule has 0 amide bonds. The summed E-state index contributed by atoms with van der Waals surface area (Å²) in [6.07, 6.45) is 122. The summed E-state index contributed by atoms with van der Waals surface area (Å²) >= 11 is 0. The van der Waals surface area contributed by atoms with Gasteiger partial charge in [0.15, 0.2) is 12.4 Å². The van der Waals surface area contributed by atoms with Crippen molar-refractivity contribution >= 4 is 17.9 Å². The lowest BCUT2D eigenvalue weighted by Crippen LogP contribution is -2.44. The summed E-state index contributed by atoms with van der Waals surface area (Å²) in [6.45, 7) is 4.53. The van der Waals surface area contributed by atoms with Gasteiger partial charge in [-0.3, -0.25) is 9.59 Å². The zero-order valence-electron chi connectivity index (χ0n) is 66.9. The minimum absolute atomic E-state index is 0.141. The number of unbranched alkanes of at least 4 members (excludes halogenated alkanes) is 31. The van der Waals surface area contributed by atoms with Crippen LogP contribution in [-0.4, -0.2) is 82.3 Å². The number of carboxylic acids is 1. The van der Waals surface area contributed by atoms with Crippen LogP contribution in [0.1, 0.15) is 335 Å². The second-order valence-corrected chi connectivity index (χ2v) is 28.7. The van der Waals surface area contributed by atoms with Gasteiger partial charge in [-0.15, -0.1) is 0 Å². The number of allylic oxidation sites excluding steroid dienone is 30. The van der Waals surface area contributed by atoms with E-state index in [1.807, 2.05) is 21.1 Å². The van der Waals surface area contributed by atoms with Crippen molar-refractivity contribution in [3.63, 3.8) is 0 Å². The maximum Gasteiger partial charge on any atom is 0.306 e. The van der Waals surface area contributed by atoms with E-state index in [0.29, 0.717) is 17.4 Å². The van der Waals surface area contributed by atoms with Crippen molar-refractivity contribution in [1.29, 1.82) is 0 Å². The number of carbonyl (C=O) groups is 3. The highest BCUT2D eigenvalue weighted by Gasteiger charge is 2.22. The summed E-state index contributed by atoms with van der Waals surface area (Å²) in [5.41, 5.74) is 0. The van der Waals surface area contributed by atoms with E-state index in [0.717, 1.165) is 141 Å². The molecule has 9 heteroatoms. The molecule has 0 rings (SSSR count). The number of quaternary nitrogens is 1. The molecule has 0 aliphatic heterocycles. The Balaban J connectivity index is 4.05. The lowest BCUT2D eigenvalue weighted by molar-refractivity contribution is -0.870. The molecule has 0 aromatic heterocycles. The molecule has 0 heterocycles. The third-order valence-corrected chi connectivity index (χ3v) is 17.6. The Morgan fingerprint density at radius 2 is 0.524 bits per heavy atom. The van der Waals surface area contributed by atoms with Crippen LogP contribution >= 0.6 is 0 Å². The Labute approximate surface area is 634 Å². The fourth-order valence-electron chi connectivity index (χ4n) is 11.4. The largest absolute Gasteiger partial charge is 0.545 e. The van der Waals surface area contributed by atoms with Crippen molar-refractivity contribution in [2.24, 2.45) is 0 Å². The van der Waals surface area contributed by atoms with Crippen LogP contribution in [0.2, 0.25) is 0 Å². The van der Waals surface area contributed by atoms with Crippen LogP contribution in [0.25, 0.3) is 0 Å². The molecule has 0 saturated heterocycles. The van der Waals surface area contributed by atoms with E-state index in [-0.39, 0.29) is 38.6 Å². The summed E-state index contributed by atoms with van der Waals surface area (Å²) in [5, 5.41) is 11.9. The monoisotopic (exact) mass is 1430 g/mol. The Morgan fingerprint density at radius 1 is 0.291 bits per heavy atom. The second-order valence-electron chi connectivity index (χ2n) is 28.7. The minimum Gasteiger partial charge on any atom is -0.545 e.